The number of rotatable bonds is 5. The van der Waals surface area contributed by atoms with Crippen LogP contribution in [0.4, 0.5) is 15.3 Å². The average molecular weight is 410 g/mol. The van der Waals surface area contributed by atoms with Crippen LogP contribution in [0.15, 0.2) is 36.7 Å². The SMILES string of the molecule is COc1ccc(CNC(=O)NC2CC3(C2)CN(C(=O)Nc2cnc(C)nc2)C3)cc1. The predicted molar refractivity (Wildman–Crippen MR) is 111 cm³/mol. The molecule has 2 fully saturated rings. The number of hydrogen-bond donors (Lipinski definition) is 3. The van der Waals surface area contributed by atoms with Gasteiger partial charge in [0, 0.05) is 31.1 Å². The summed E-state index contributed by atoms with van der Waals surface area (Å²) in [6.07, 6.45) is 4.98. The van der Waals surface area contributed by atoms with Gasteiger partial charge in [0.15, 0.2) is 0 Å². The molecule has 9 heteroatoms. The highest BCUT2D eigenvalue weighted by molar-refractivity contribution is 5.89. The van der Waals surface area contributed by atoms with E-state index in [-0.39, 0.29) is 23.5 Å². The van der Waals surface area contributed by atoms with Crippen LogP contribution in [-0.2, 0) is 6.54 Å². The first-order chi connectivity index (χ1) is 14.4. The molecule has 2 aliphatic rings. The fourth-order valence-corrected chi connectivity index (χ4v) is 4.07. The molecule has 1 aliphatic heterocycles. The quantitative estimate of drug-likeness (QED) is 0.701. The number of hydrogen-bond acceptors (Lipinski definition) is 5. The van der Waals surface area contributed by atoms with E-state index in [1.807, 2.05) is 24.3 Å². The van der Waals surface area contributed by atoms with Crippen molar-refractivity contribution in [3.8, 4) is 5.75 Å². The number of likely N-dealkylation sites (tertiary alicyclic amines) is 1. The predicted octanol–water partition coefficient (Wildman–Crippen LogP) is 2.29. The summed E-state index contributed by atoms with van der Waals surface area (Å²) < 4.78 is 5.13. The molecular formula is C21H26N6O3. The van der Waals surface area contributed by atoms with Crippen molar-refractivity contribution < 1.29 is 14.3 Å². The number of nitrogens with one attached hydrogen (secondary N) is 3. The molecule has 0 radical (unpaired) electrons. The second kappa shape index (κ2) is 8.17. The van der Waals surface area contributed by atoms with E-state index < -0.39 is 0 Å². The third kappa shape index (κ3) is 4.45. The Hall–Kier alpha value is -3.36. The summed E-state index contributed by atoms with van der Waals surface area (Å²) in [6.45, 7) is 3.67. The number of urea groups is 2. The number of nitrogens with zero attached hydrogens (tertiary/aromatic N) is 3. The highest BCUT2D eigenvalue weighted by Gasteiger charge is 2.54. The van der Waals surface area contributed by atoms with Crippen molar-refractivity contribution in [2.45, 2.75) is 32.4 Å². The fourth-order valence-electron chi connectivity index (χ4n) is 4.07. The number of aromatic nitrogens is 2. The first-order valence-corrected chi connectivity index (χ1v) is 9.97. The Kier molecular flexibility index (Phi) is 5.43. The van der Waals surface area contributed by atoms with Crippen molar-refractivity contribution in [3.63, 3.8) is 0 Å². The van der Waals surface area contributed by atoms with E-state index in [1.165, 1.54) is 0 Å². The fraction of sp³-hybridized carbons (Fsp3) is 0.429. The third-order valence-corrected chi connectivity index (χ3v) is 5.68. The van der Waals surface area contributed by atoms with E-state index in [2.05, 4.69) is 25.9 Å². The van der Waals surface area contributed by atoms with Gasteiger partial charge < -0.3 is 25.6 Å². The molecule has 1 aromatic carbocycles. The highest BCUT2D eigenvalue weighted by Crippen LogP contribution is 2.48. The van der Waals surface area contributed by atoms with Crippen LogP contribution in [0.5, 0.6) is 5.75 Å². The maximum absolute atomic E-state index is 12.3. The maximum atomic E-state index is 12.3. The lowest BCUT2D eigenvalue weighted by Crippen LogP contribution is -2.68. The third-order valence-electron chi connectivity index (χ3n) is 5.68. The van der Waals surface area contributed by atoms with E-state index >= 15 is 0 Å². The van der Waals surface area contributed by atoms with Gasteiger partial charge in [0.05, 0.1) is 25.2 Å². The van der Waals surface area contributed by atoms with Crippen molar-refractivity contribution >= 4 is 17.7 Å². The number of carbonyl (C=O) groups excluding carboxylic acids is 2. The van der Waals surface area contributed by atoms with Gasteiger partial charge in [-0.2, -0.15) is 0 Å². The van der Waals surface area contributed by atoms with Gasteiger partial charge in [0.25, 0.3) is 0 Å². The van der Waals surface area contributed by atoms with Crippen LogP contribution in [-0.4, -0.2) is 53.2 Å². The van der Waals surface area contributed by atoms with Crippen molar-refractivity contribution in [2.75, 3.05) is 25.5 Å². The van der Waals surface area contributed by atoms with Crippen molar-refractivity contribution in [3.05, 3.63) is 48.0 Å². The Labute approximate surface area is 175 Å². The normalized spacial score (nSPS) is 16.9. The Morgan fingerprint density at radius 1 is 1.17 bits per heavy atom. The Morgan fingerprint density at radius 3 is 2.47 bits per heavy atom. The molecule has 0 unspecified atom stereocenters. The molecule has 1 saturated carbocycles. The lowest BCUT2D eigenvalue weighted by molar-refractivity contribution is -0.0481. The van der Waals surface area contributed by atoms with E-state index in [4.69, 9.17) is 4.74 Å². The zero-order chi connectivity index (χ0) is 21.1. The standard InChI is InChI=1S/C21H26N6O3/c1-14-22-10-17(11-23-14)26-20(29)27-12-21(13-27)7-16(8-21)25-19(28)24-9-15-3-5-18(30-2)6-4-15/h3-6,10-11,16H,7-9,12-13H2,1-2H3,(H,26,29)(H2,24,25,28). The van der Waals surface area contributed by atoms with Crippen LogP contribution in [0.2, 0.25) is 0 Å². The minimum Gasteiger partial charge on any atom is -0.497 e. The van der Waals surface area contributed by atoms with Gasteiger partial charge >= 0.3 is 12.1 Å². The summed E-state index contributed by atoms with van der Waals surface area (Å²) in [4.78, 5) is 34.4. The first-order valence-electron chi connectivity index (χ1n) is 9.97. The number of methoxy groups -OCH3 is 1. The van der Waals surface area contributed by atoms with E-state index in [1.54, 1.807) is 31.3 Å². The van der Waals surface area contributed by atoms with E-state index in [9.17, 15) is 9.59 Å². The van der Waals surface area contributed by atoms with Gasteiger partial charge in [-0.3, -0.25) is 0 Å². The summed E-state index contributed by atoms with van der Waals surface area (Å²) in [5.74, 6) is 1.45. The monoisotopic (exact) mass is 410 g/mol. The van der Waals surface area contributed by atoms with Gasteiger partial charge in [-0.05, 0) is 37.5 Å². The summed E-state index contributed by atoms with van der Waals surface area (Å²) >= 11 is 0. The minimum atomic E-state index is -0.168. The molecule has 4 amide bonds. The molecule has 4 rings (SSSR count). The van der Waals surface area contributed by atoms with Gasteiger partial charge in [-0.1, -0.05) is 12.1 Å². The van der Waals surface area contributed by atoms with E-state index in [0.717, 1.165) is 24.2 Å². The number of anilines is 1. The van der Waals surface area contributed by atoms with Gasteiger partial charge in [-0.15, -0.1) is 0 Å². The first kappa shape index (κ1) is 19.9. The van der Waals surface area contributed by atoms with Crippen LogP contribution < -0.4 is 20.7 Å². The molecule has 158 valence electrons. The number of aryl methyl sites for hydroxylation is 1. The summed E-state index contributed by atoms with van der Waals surface area (Å²) in [5, 5.41) is 8.71. The van der Waals surface area contributed by atoms with E-state index in [0.29, 0.717) is 31.1 Å². The van der Waals surface area contributed by atoms with Crippen molar-refractivity contribution in [1.82, 2.24) is 25.5 Å². The largest absolute Gasteiger partial charge is 0.497 e. The molecule has 9 nitrogen and oxygen atoms in total. The number of benzene rings is 1. The Morgan fingerprint density at radius 2 is 1.83 bits per heavy atom. The van der Waals surface area contributed by atoms with Crippen LogP contribution in [0.1, 0.15) is 24.2 Å². The number of amides is 4. The molecular weight excluding hydrogens is 384 g/mol. The highest BCUT2D eigenvalue weighted by atomic mass is 16.5. The molecule has 3 N–H and O–H groups in total. The molecule has 30 heavy (non-hydrogen) atoms. The topological polar surface area (TPSA) is 108 Å². The number of carbonyl (C=O) groups is 2. The summed E-state index contributed by atoms with van der Waals surface area (Å²) in [7, 11) is 1.62. The van der Waals surface area contributed by atoms with Crippen LogP contribution in [0.3, 0.4) is 0 Å². The van der Waals surface area contributed by atoms with Gasteiger partial charge in [0.1, 0.15) is 11.6 Å². The second-order valence-corrected chi connectivity index (χ2v) is 8.09. The van der Waals surface area contributed by atoms with Crippen LogP contribution in [0.25, 0.3) is 0 Å². The number of ether oxygens (including phenoxy) is 1. The lowest BCUT2D eigenvalue weighted by Gasteiger charge is -2.58. The molecule has 2 heterocycles. The lowest BCUT2D eigenvalue weighted by atomic mass is 9.61. The van der Waals surface area contributed by atoms with Gasteiger partial charge in [0.2, 0.25) is 0 Å². The molecule has 1 aromatic heterocycles. The van der Waals surface area contributed by atoms with Crippen LogP contribution >= 0.6 is 0 Å². The maximum Gasteiger partial charge on any atom is 0.321 e. The molecule has 1 aliphatic carbocycles. The Balaban J connectivity index is 1.14. The summed E-state index contributed by atoms with van der Waals surface area (Å²) in [6, 6.07) is 7.43. The van der Waals surface area contributed by atoms with Gasteiger partial charge in [-0.25, -0.2) is 19.6 Å². The molecule has 0 bridgehead atoms. The molecule has 1 saturated heterocycles. The summed E-state index contributed by atoms with van der Waals surface area (Å²) in [5.41, 5.74) is 1.73. The molecule has 1 spiro atoms. The molecule has 2 aromatic rings. The van der Waals surface area contributed by atoms with Crippen molar-refractivity contribution in [1.29, 1.82) is 0 Å². The average Bonchev–Trinajstić information content (AvgIpc) is 2.69. The second-order valence-electron chi connectivity index (χ2n) is 8.09. The zero-order valence-corrected chi connectivity index (χ0v) is 17.1. The smallest absolute Gasteiger partial charge is 0.321 e. The van der Waals surface area contributed by atoms with Crippen LogP contribution in [0, 0.1) is 12.3 Å². The molecule has 0 atom stereocenters. The zero-order valence-electron chi connectivity index (χ0n) is 17.1. The minimum absolute atomic E-state index is 0.134. The Bertz CT molecular complexity index is 901. The van der Waals surface area contributed by atoms with Crippen molar-refractivity contribution in [2.24, 2.45) is 5.41 Å².